The molecule has 0 aliphatic rings. The normalized spacial score (nSPS) is 10.0. The zero-order valence-corrected chi connectivity index (χ0v) is 9.04. The van der Waals surface area contributed by atoms with Gasteiger partial charge in [0.1, 0.15) is 0 Å². The van der Waals surface area contributed by atoms with Crippen molar-refractivity contribution in [2.24, 2.45) is 0 Å². The maximum atomic E-state index is 11.4. The lowest BCUT2D eigenvalue weighted by Gasteiger charge is -2.00. The largest absolute Gasteiger partial charge is 0.351 e. The molecular formula is C9H12ClNOS. The van der Waals surface area contributed by atoms with Gasteiger partial charge in [0, 0.05) is 6.54 Å². The standard InChI is InChI=1S/C9H12ClNOS/c1-2-3-6-11-9(12)7-4-5-8(10)13-7/h4-5H,2-3,6H2,1H3,(H,11,12). The van der Waals surface area contributed by atoms with Crippen molar-refractivity contribution in [2.75, 3.05) is 6.54 Å². The number of hydrogen-bond acceptors (Lipinski definition) is 2. The first-order valence-corrected chi connectivity index (χ1v) is 5.47. The average Bonchev–Trinajstić information content (AvgIpc) is 2.52. The molecule has 72 valence electrons. The van der Waals surface area contributed by atoms with E-state index in [1.54, 1.807) is 12.1 Å². The summed E-state index contributed by atoms with van der Waals surface area (Å²) in [6.45, 7) is 2.83. The third kappa shape index (κ3) is 3.36. The fourth-order valence-corrected chi connectivity index (χ4v) is 1.86. The van der Waals surface area contributed by atoms with Crippen molar-refractivity contribution in [2.45, 2.75) is 19.8 Å². The molecule has 0 aromatic carbocycles. The maximum Gasteiger partial charge on any atom is 0.261 e. The van der Waals surface area contributed by atoms with Crippen LogP contribution < -0.4 is 5.32 Å². The Balaban J connectivity index is 2.40. The molecular weight excluding hydrogens is 206 g/mol. The predicted molar refractivity (Wildman–Crippen MR) is 56.6 cm³/mol. The smallest absolute Gasteiger partial charge is 0.261 e. The van der Waals surface area contributed by atoms with E-state index in [1.807, 2.05) is 0 Å². The summed E-state index contributed by atoms with van der Waals surface area (Å²) in [6, 6.07) is 3.48. The monoisotopic (exact) mass is 217 g/mol. The van der Waals surface area contributed by atoms with Gasteiger partial charge in [0.2, 0.25) is 0 Å². The molecule has 1 rings (SSSR count). The van der Waals surface area contributed by atoms with Crippen LogP contribution in [-0.2, 0) is 0 Å². The summed E-state index contributed by atoms with van der Waals surface area (Å²) >= 11 is 7.01. The SMILES string of the molecule is CCCCNC(=O)c1ccc(Cl)s1. The Morgan fingerprint density at radius 2 is 2.38 bits per heavy atom. The predicted octanol–water partition coefficient (Wildman–Crippen LogP) is 2.93. The topological polar surface area (TPSA) is 29.1 Å². The van der Waals surface area contributed by atoms with Crippen LogP contribution in [0.3, 0.4) is 0 Å². The first-order chi connectivity index (χ1) is 6.24. The highest BCUT2D eigenvalue weighted by Gasteiger charge is 2.06. The molecule has 0 bridgehead atoms. The van der Waals surface area contributed by atoms with Gasteiger partial charge in [-0.15, -0.1) is 11.3 Å². The van der Waals surface area contributed by atoms with Gasteiger partial charge in [-0.2, -0.15) is 0 Å². The summed E-state index contributed by atoms with van der Waals surface area (Å²) in [7, 11) is 0. The number of halogens is 1. The highest BCUT2D eigenvalue weighted by atomic mass is 35.5. The first-order valence-electron chi connectivity index (χ1n) is 4.27. The van der Waals surface area contributed by atoms with Crippen LogP contribution >= 0.6 is 22.9 Å². The summed E-state index contributed by atoms with van der Waals surface area (Å²) in [4.78, 5) is 12.1. The first kappa shape index (κ1) is 10.5. The van der Waals surface area contributed by atoms with E-state index in [2.05, 4.69) is 12.2 Å². The van der Waals surface area contributed by atoms with E-state index in [1.165, 1.54) is 11.3 Å². The molecule has 0 aliphatic carbocycles. The molecule has 4 heteroatoms. The van der Waals surface area contributed by atoms with Crippen LogP contribution in [-0.4, -0.2) is 12.5 Å². The molecule has 0 radical (unpaired) electrons. The molecule has 1 heterocycles. The molecule has 0 saturated heterocycles. The van der Waals surface area contributed by atoms with Crippen molar-refractivity contribution >= 4 is 28.8 Å². The third-order valence-corrected chi connectivity index (χ3v) is 2.84. The molecule has 13 heavy (non-hydrogen) atoms. The van der Waals surface area contributed by atoms with Gasteiger partial charge in [-0.05, 0) is 18.6 Å². The number of rotatable bonds is 4. The Kier molecular flexibility index (Phi) is 4.25. The van der Waals surface area contributed by atoms with Crippen LogP contribution in [0.1, 0.15) is 29.4 Å². The number of nitrogens with one attached hydrogen (secondary N) is 1. The Morgan fingerprint density at radius 3 is 2.92 bits per heavy atom. The second-order valence-corrected chi connectivity index (χ2v) is 4.43. The minimum absolute atomic E-state index is 0.0228. The van der Waals surface area contributed by atoms with Crippen LogP contribution in [0.5, 0.6) is 0 Å². The number of amides is 1. The van der Waals surface area contributed by atoms with Gasteiger partial charge in [0.05, 0.1) is 9.21 Å². The zero-order valence-electron chi connectivity index (χ0n) is 7.47. The van der Waals surface area contributed by atoms with E-state index in [9.17, 15) is 4.79 Å². The number of unbranched alkanes of at least 4 members (excludes halogenated alkanes) is 1. The maximum absolute atomic E-state index is 11.4. The van der Waals surface area contributed by atoms with Gasteiger partial charge >= 0.3 is 0 Å². The number of carbonyl (C=O) groups excluding carboxylic acids is 1. The van der Waals surface area contributed by atoms with Crippen LogP contribution in [0.25, 0.3) is 0 Å². The molecule has 0 aliphatic heterocycles. The quantitative estimate of drug-likeness (QED) is 0.772. The molecule has 1 aromatic heterocycles. The molecule has 1 N–H and O–H groups in total. The molecule has 0 spiro atoms. The van der Waals surface area contributed by atoms with E-state index >= 15 is 0 Å². The van der Waals surface area contributed by atoms with Crippen molar-refractivity contribution in [1.82, 2.24) is 5.32 Å². The minimum Gasteiger partial charge on any atom is -0.351 e. The average molecular weight is 218 g/mol. The molecule has 0 saturated carbocycles. The molecule has 0 unspecified atom stereocenters. The molecule has 1 amide bonds. The van der Waals surface area contributed by atoms with Gasteiger partial charge in [-0.3, -0.25) is 4.79 Å². The zero-order chi connectivity index (χ0) is 9.68. The summed E-state index contributed by atoms with van der Waals surface area (Å²) < 4.78 is 0.653. The summed E-state index contributed by atoms with van der Waals surface area (Å²) in [6.07, 6.45) is 2.11. The van der Waals surface area contributed by atoms with Crippen molar-refractivity contribution in [3.05, 3.63) is 21.3 Å². The molecule has 1 aromatic rings. The van der Waals surface area contributed by atoms with E-state index in [-0.39, 0.29) is 5.91 Å². The van der Waals surface area contributed by atoms with E-state index in [4.69, 9.17) is 11.6 Å². The molecule has 0 fully saturated rings. The Hall–Kier alpha value is -0.540. The van der Waals surface area contributed by atoms with Crippen LogP contribution in [0.15, 0.2) is 12.1 Å². The molecule has 0 atom stereocenters. The Morgan fingerprint density at radius 1 is 1.62 bits per heavy atom. The third-order valence-electron chi connectivity index (χ3n) is 1.61. The lowest BCUT2D eigenvalue weighted by atomic mass is 10.3. The van der Waals surface area contributed by atoms with Crippen LogP contribution in [0, 0.1) is 0 Å². The fourth-order valence-electron chi connectivity index (χ4n) is 0.902. The Labute approximate surface area is 86.9 Å². The van der Waals surface area contributed by atoms with E-state index in [0.717, 1.165) is 19.4 Å². The summed E-state index contributed by atoms with van der Waals surface area (Å²) in [5.41, 5.74) is 0. The van der Waals surface area contributed by atoms with E-state index < -0.39 is 0 Å². The second-order valence-electron chi connectivity index (χ2n) is 2.71. The van der Waals surface area contributed by atoms with Gasteiger partial charge < -0.3 is 5.32 Å². The van der Waals surface area contributed by atoms with Gasteiger partial charge in [0.15, 0.2) is 0 Å². The summed E-state index contributed by atoms with van der Waals surface area (Å²) in [5, 5.41) is 2.83. The van der Waals surface area contributed by atoms with Gasteiger partial charge in [-0.25, -0.2) is 0 Å². The van der Waals surface area contributed by atoms with E-state index in [0.29, 0.717) is 9.21 Å². The summed E-state index contributed by atoms with van der Waals surface area (Å²) in [5.74, 6) is -0.0228. The van der Waals surface area contributed by atoms with Crippen molar-refractivity contribution in [3.8, 4) is 0 Å². The minimum atomic E-state index is -0.0228. The van der Waals surface area contributed by atoms with Crippen LogP contribution in [0.2, 0.25) is 4.34 Å². The lowest BCUT2D eigenvalue weighted by molar-refractivity contribution is 0.0957. The van der Waals surface area contributed by atoms with Crippen molar-refractivity contribution < 1.29 is 4.79 Å². The number of carbonyl (C=O) groups is 1. The fraction of sp³-hybridized carbons (Fsp3) is 0.444. The van der Waals surface area contributed by atoms with Crippen LogP contribution in [0.4, 0.5) is 0 Å². The van der Waals surface area contributed by atoms with Crippen molar-refractivity contribution in [1.29, 1.82) is 0 Å². The number of thiophene rings is 1. The highest BCUT2D eigenvalue weighted by molar-refractivity contribution is 7.17. The molecule has 2 nitrogen and oxygen atoms in total. The Bertz CT molecular complexity index is 285. The van der Waals surface area contributed by atoms with Gasteiger partial charge in [-0.1, -0.05) is 24.9 Å². The second kappa shape index (κ2) is 5.25. The highest BCUT2D eigenvalue weighted by Crippen LogP contribution is 2.20. The number of hydrogen-bond donors (Lipinski definition) is 1. The van der Waals surface area contributed by atoms with Gasteiger partial charge in [0.25, 0.3) is 5.91 Å². The van der Waals surface area contributed by atoms with Crippen molar-refractivity contribution in [3.63, 3.8) is 0 Å². The lowest BCUT2D eigenvalue weighted by Crippen LogP contribution is -2.23.